The van der Waals surface area contributed by atoms with Gasteiger partial charge >= 0.3 is 6.09 Å². The first-order valence-electron chi connectivity index (χ1n) is 4.32. The fourth-order valence-corrected chi connectivity index (χ4v) is 2.40. The molecule has 3 fully saturated rings. The van der Waals surface area contributed by atoms with Gasteiger partial charge in [0.2, 0.25) is 0 Å². The molecular formula is C8H13NO4. The van der Waals surface area contributed by atoms with Crippen LogP contribution in [-0.2, 0) is 4.74 Å². The molecule has 0 unspecified atom stereocenters. The first kappa shape index (κ1) is 8.77. The Kier molecular flexibility index (Phi) is 1.75. The zero-order valence-electron chi connectivity index (χ0n) is 7.25. The molecule has 2 bridgehead atoms. The maximum atomic E-state index is 10.2. The molecule has 1 amide bonds. The van der Waals surface area contributed by atoms with Crippen molar-refractivity contribution in [3.63, 3.8) is 0 Å². The number of carboxylic acid groups (broad SMARTS) is 1. The van der Waals surface area contributed by atoms with Crippen LogP contribution in [0.15, 0.2) is 0 Å². The van der Waals surface area contributed by atoms with Crippen LogP contribution in [0.5, 0.6) is 0 Å². The third kappa shape index (κ3) is 1.28. The lowest BCUT2D eigenvalue weighted by Gasteiger charge is -2.43. The highest BCUT2D eigenvalue weighted by atomic mass is 16.5. The normalized spacial score (nSPS) is 41.3. The van der Waals surface area contributed by atoms with Gasteiger partial charge in [0.15, 0.2) is 0 Å². The van der Waals surface area contributed by atoms with Gasteiger partial charge in [-0.25, -0.2) is 4.79 Å². The Morgan fingerprint density at radius 3 is 2.69 bits per heavy atom. The summed E-state index contributed by atoms with van der Waals surface area (Å²) in [5, 5.41) is 19.8. The average molecular weight is 187 g/mol. The average Bonchev–Trinajstić information content (AvgIpc) is 2.55. The number of hydrogen-bond acceptors (Lipinski definition) is 3. The zero-order chi connectivity index (χ0) is 9.53. The summed E-state index contributed by atoms with van der Waals surface area (Å²) in [4.78, 5) is 10.2. The number of ether oxygens (including phenoxy) is 1. The van der Waals surface area contributed by atoms with Crippen LogP contribution in [-0.4, -0.2) is 41.7 Å². The van der Waals surface area contributed by atoms with E-state index in [4.69, 9.17) is 14.9 Å². The van der Waals surface area contributed by atoms with E-state index < -0.39 is 6.09 Å². The highest BCUT2D eigenvalue weighted by Gasteiger charge is 2.61. The van der Waals surface area contributed by atoms with Gasteiger partial charge in [-0.3, -0.25) is 0 Å². The summed E-state index contributed by atoms with van der Waals surface area (Å²) in [6, 6.07) is 0. The Morgan fingerprint density at radius 1 is 1.54 bits per heavy atom. The summed E-state index contributed by atoms with van der Waals surface area (Å²) in [5.74, 6) is 0. The van der Waals surface area contributed by atoms with Crippen molar-refractivity contribution < 1.29 is 19.7 Å². The monoisotopic (exact) mass is 187 g/mol. The molecule has 0 atom stereocenters. The highest BCUT2D eigenvalue weighted by molar-refractivity contribution is 5.64. The van der Waals surface area contributed by atoms with Crippen LogP contribution in [0.1, 0.15) is 12.8 Å². The number of aliphatic hydroxyl groups excluding tert-OH is 1. The molecule has 2 aliphatic heterocycles. The van der Waals surface area contributed by atoms with E-state index in [9.17, 15) is 4.79 Å². The lowest BCUT2D eigenvalue weighted by atomic mass is 9.63. The molecule has 2 heterocycles. The van der Waals surface area contributed by atoms with Gasteiger partial charge in [0, 0.05) is 12.0 Å². The quantitative estimate of drug-likeness (QED) is 0.571. The van der Waals surface area contributed by atoms with Gasteiger partial charge in [0.1, 0.15) is 0 Å². The Bertz CT molecular complexity index is 234. The molecule has 3 aliphatic rings. The lowest BCUT2D eigenvalue weighted by Crippen LogP contribution is -2.52. The lowest BCUT2D eigenvalue weighted by molar-refractivity contribution is -0.0257. The molecule has 0 aromatic rings. The summed E-state index contributed by atoms with van der Waals surface area (Å²) >= 11 is 0. The number of rotatable bonds is 3. The first-order valence-corrected chi connectivity index (χ1v) is 4.32. The molecular weight excluding hydrogens is 174 g/mol. The van der Waals surface area contributed by atoms with Crippen molar-refractivity contribution in [1.29, 1.82) is 0 Å². The van der Waals surface area contributed by atoms with Crippen molar-refractivity contribution in [2.45, 2.75) is 18.4 Å². The van der Waals surface area contributed by atoms with Crippen molar-refractivity contribution in [2.24, 2.45) is 5.41 Å². The Morgan fingerprint density at radius 2 is 2.23 bits per heavy atom. The largest absolute Gasteiger partial charge is 0.465 e. The molecule has 0 aromatic heterocycles. The van der Waals surface area contributed by atoms with Gasteiger partial charge in [-0.05, 0) is 12.8 Å². The third-order valence-corrected chi connectivity index (χ3v) is 2.98. The third-order valence-electron chi connectivity index (χ3n) is 2.98. The number of amides is 1. The Labute approximate surface area is 75.7 Å². The first-order chi connectivity index (χ1) is 6.10. The zero-order valence-corrected chi connectivity index (χ0v) is 7.25. The Hall–Kier alpha value is -0.810. The van der Waals surface area contributed by atoms with Gasteiger partial charge in [-0.2, -0.15) is 0 Å². The van der Waals surface area contributed by atoms with E-state index >= 15 is 0 Å². The second kappa shape index (κ2) is 2.59. The molecule has 1 saturated carbocycles. The molecule has 0 radical (unpaired) electrons. The van der Waals surface area contributed by atoms with Crippen LogP contribution in [0, 0.1) is 5.41 Å². The molecule has 5 nitrogen and oxygen atoms in total. The standard InChI is InChI=1S/C8H13NO4/c10-4-7-1-8(2-7,13-5-7)3-9-6(11)12/h9-10H,1-5H2,(H,11,12). The SMILES string of the molecule is O=C(O)NCC12CC(CO)(CO1)C2. The van der Waals surface area contributed by atoms with E-state index in [1.54, 1.807) is 0 Å². The fourth-order valence-electron chi connectivity index (χ4n) is 2.40. The van der Waals surface area contributed by atoms with Gasteiger partial charge < -0.3 is 20.3 Å². The summed E-state index contributed by atoms with van der Waals surface area (Å²) in [6.45, 7) is 1.04. The summed E-state index contributed by atoms with van der Waals surface area (Å²) in [7, 11) is 0. The Balaban J connectivity index is 1.87. The van der Waals surface area contributed by atoms with E-state index in [2.05, 4.69) is 5.32 Å². The molecule has 2 saturated heterocycles. The molecule has 13 heavy (non-hydrogen) atoms. The van der Waals surface area contributed by atoms with Crippen molar-refractivity contribution in [1.82, 2.24) is 5.32 Å². The van der Waals surface area contributed by atoms with Crippen molar-refractivity contribution in [2.75, 3.05) is 19.8 Å². The maximum Gasteiger partial charge on any atom is 0.404 e. The van der Waals surface area contributed by atoms with Crippen LogP contribution in [0.3, 0.4) is 0 Å². The van der Waals surface area contributed by atoms with Crippen LogP contribution in [0.2, 0.25) is 0 Å². The fraction of sp³-hybridized carbons (Fsp3) is 0.875. The van der Waals surface area contributed by atoms with E-state index in [1.165, 1.54) is 0 Å². The van der Waals surface area contributed by atoms with E-state index in [1.807, 2.05) is 0 Å². The molecule has 5 heteroatoms. The van der Waals surface area contributed by atoms with Crippen LogP contribution < -0.4 is 5.32 Å². The van der Waals surface area contributed by atoms with Crippen LogP contribution in [0.4, 0.5) is 4.79 Å². The minimum Gasteiger partial charge on any atom is -0.465 e. The van der Waals surface area contributed by atoms with E-state index in [-0.39, 0.29) is 17.6 Å². The van der Waals surface area contributed by atoms with Gasteiger partial charge in [-0.1, -0.05) is 0 Å². The number of fused-ring (bicyclic) bond motifs is 1. The second-order valence-electron chi connectivity index (χ2n) is 4.14. The summed E-state index contributed by atoms with van der Waals surface area (Å²) in [6.07, 6.45) is 0.527. The molecule has 3 N–H and O–H groups in total. The number of hydrogen-bond donors (Lipinski definition) is 3. The topological polar surface area (TPSA) is 78.8 Å². The van der Waals surface area contributed by atoms with E-state index in [0.717, 1.165) is 12.8 Å². The second-order valence-corrected chi connectivity index (χ2v) is 4.14. The van der Waals surface area contributed by atoms with Gasteiger partial charge in [0.05, 0.1) is 18.8 Å². The molecule has 0 aromatic carbocycles. The summed E-state index contributed by atoms with van der Waals surface area (Å²) < 4.78 is 5.47. The van der Waals surface area contributed by atoms with Gasteiger partial charge in [0.25, 0.3) is 0 Å². The van der Waals surface area contributed by atoms with Crippen LogP contribution in [0.25, 0.3) is 0 Å². The van der Waals surface area contributed by atoms with Crippen molar-refractivity contribution in [3.8, 4) is 0 Å². The minimum atomic E-state index is -1.02. The number of carbonyl (C=O) groups is 1. The minimum absolute atomic E-state index is 0.0693. The highest BCUT2D eigenvalue weighted by Crippen LogP contribution is 2.57. The molecule has 3 rings (SSSR count). The predicted octanol–water partition coefficient (Wildman–Crippen LogP) is -0.205. The van der Waals surface area contributed by atoms with Crippen molar-refractivity contribution >= 4 is 6.09 Å². The predicted molar refractivity (Wildman–Crippen MR) is 43.5 cm³/mol. The summed E-state index contributed by atoms with van der Waals surface area (Å²) in [5.41, 5.74) is -0.388. The van der Waals surface area contributed by atoms with Gasteiger partial charge in [-0.15, -0.1) is 0 Å². The smallest absolute Gasteiger partial charge is 0.404 e. The van der Waals surface area contributed by atoms with Crippen LogP contribution >= 0.6 is 0 Å². The van der Waals surface area contributed by atoms with Crippen molar-refractivity contribution in [3.05, 3.63) is 0 Å². The maximum absolute atomic E-state index is 10.2. The van der Waals surface area contributed by atoms with E-state index in [0.29, 0.717) is 13.2 Å². The molecule has 74 valence electrons. The molecule has 0 spiro atoms. The number of nitrogens with one attached hydrogen (secondary N) is 1. The number of aliphatic hydroxyl groups is 1. The molecule has 1 aliphatic carbocycles.